The van der Waals surface area contributed by atoms with Gasteiger partial charge in [0.1, 0.15) is 11.8 Å². The number of rotatable bonds is 6. The molecular weight excluding hydrogens is 719 g/mol. The highest BCUT2D eigenvalue weighted by atomic mass is 127. The molecule has 8 nitrogen and oxygen atoms in total. The van der Waals surface area contributed by atoms with Crippen molar-refractivity contribution in [2.75, 3.05) is 0 Å². The molecule has 1 atom stereocenters. The zero-order valence-electron chi connectivity index (χ0n) is 13.2. The van der Waals surface area contributed by atoms with Crippen LogP contribution in [0.5, 0.6) is 11.5 Å². The van der Waals surface area contributed by atoms with Gasteiger partial charge in [-0.05, 0) is 104 Å². The third-order valence-electron chi connectivity index (χ3n) is 3.45. The zero-order chi connectivity index (χ0) is 20.5. The summed E-state index contributed by atoms with van der Waals surface area (Å²) in [6.45, 7) is 0. The van der Waals surface area contributed by atoms with E-state index in [1.165, 1.54) is 6.07 Å². The van der Waals surface area contributed by atoms with Crippen LogP contribution >= 0.6 is 67.8 Å². The molecule has 0 unspecified atom stereocenters. The fraction of sp³-hybridized carbons (Fsp3) is 0.133. The summed E-state index contributed by atoms with van der Waals surface area (Å²) in [6.07, 6.45) is 0.0385. The van der Waals surface area contributed by atoms with E-state index in [1.54, 1.807) is 18.2 Å². The monoisotopic (exact) mass is 731 g/mol. The number of halogens is 3. The van der Waals surface area contributed by atoms with Crippen LogP contribution in [0.25, 0.3) is 11.1 Å². The summed E-state index contributed by atoms with van der Waals surface area (Å²) >= 11 is 5.74. The Labute approximate surface area is 195 Å². The molecular formula is C15H12I3NO7S. The SMILES string of the molecule is N[C@@H](Cc1cc(I)c(O)c(I)c1-c1ccc(OS(=O)(=O)O)c(I)c1)C(=O)O. The van der Waals surface area contributed by atoms with Crippen LogP contribution in [0.4, 0.5) is 0 Å². The maximum absolute atomic E-state index is 11.1. The fourth-order valence-corrected chi connectivity index (χ4v) is 5.55. The van der Waals surface area contributed by atoms with E-state index in [2.05, 4.69) is 4.18 Å². The summed E-state index contributed by atoms with van der Waals surface area (Å²) in [4.78, 5) is 11.1. The molecule has 2 aromatic carbocycles. The molecule has 146 valence electrons. The normalized spacial score (nSPS) is 12.6. The smallest absolute Gasteiger partial charge is 0.446 e. The van der Waals surface area contributed by atoms with Crippen molar-refractivity contribution >= 4 is 84.1 Å². The van der Waals surface area contributed by atoms with Crippen molar-refractivity contribution in [3.05, 3.63) is 40.5 Å². The lowest BCUT2D eigenvalue weighted by atomic mass is 9.95. The average Bonchev–Trinajstić information content (AvgIpc) is 2.54. The topological polar surface area (TPSA) is 147 Å². The molecule has 2 rings (SSSR count). The molecule has 5 N–H and O–H groups in total. The number of carbonyl (C=O) groups is 1. The lowest BCUT2D eigenvalue weighted by Crippen LogP contribution is -2.32. The molecule has 0 saturated carbocycles. The highest BCUT2D eigenvalue weighted by Crippen LogP contribution is 2.40. The van der Waals surface area contributed by atoms with Crippen molar-refractivity contribution < 1.29 is 32.2 Å². The van der Waals surface area contributed by atoms with E-state index in [0.717, 1.165) is 0 Å². The van der Waals surface area contributed by atoms with Gasteiger partial charge in [0.2, 0.25) is 0 Å². The van der Waals surface area contributed by atoms with Crippen molar-refractivity contribution in [2.24, 2.45) is 5.73 Å². The molecule has 12 heteroatoms. The summed E-state index contributed by atoms with van der Waals surface area (Å²) in [5.41, 5.74) is 7.48. The van der Waals surface area contributed by atoms with Crippen molar-refractivity contribution in [3.63, 3.8) is 0 Å². The highest BCUT2D eigenvalue weighted by Gasteiger charge is 2.22. The minimum atomic E-state index is -4.66. The van der Waals surface area contributed by atoms with Gasteiger partial charge in [0.05, 0.1) is 10.7 Å². The fourth-order valence-electron chi connectivity index (χ4n) is 2.29. The molecule has 0 aliphatic carbocycles. The molecule has 0 spiro atoms. The van der Waals surface area contributed by atoms with Crippen molar-refractivity contribution in [1.82, 2.24) is 0 Å². The Morgan fingerprint density at radius 2 is 1.81 bits per heavy atom. The largest absolute Gasteiger partial charge is 0.506 e. The van der Waals surface area contributed by atoms with Crippen molar-refractivity contribution in [1.29, 1.82) is 0 Å². The van der Waals surface area contributed by atoms with Crippen molar-refractivity contribution in [2.45, 2.75) is 12.5 Å². The Kier molecular flexibility index (Phi) is 7.56. The minimum Gasteiger partial charge on any atom is -0.506 e. The van der Waals surface area contributed by atoms with E-state index >= 15 is 0 Å². The number of hydrogen-bond donors (Lipinski definition) is 4. The van der Waals surface area contributed by atoms with E-state index in [9.17, 15) is 18.3 Å². The van der Waals surface area contributed by atoms with E-state index in [-0.39, 0.29) is 17.9 Å². The summed E-state index contributed by atoms with van der Waals surface area (Å²) in [6, 6.07) is 5.03. The molecule has 0 heterocycles. The zero-order valence-corrected chi connectivity index (χ0v) is 20.5. The van der Waals surface area contributed by atoms with Gasteiger partial charge in [-0.25, -0.2) is 0 Å². The molecule has 0 aliphatic heterocycles. The van der Waals surface area contributed by atoms with E-state index in [1.807, 2.05) is 67.8 Å². The molecule has 0 amide bonds. The van der Waals surface area contributed by atoms with Gasteiger partial charge in [-0.3, -0.25) is 9.35 Å². The molecule has 0 bridgehead atoms. The van der Waals surface area contributed by atoms with Gasteiger partial charge in [-0.2, -0.15) is 8.42 Å². The van der Waals surface area contributed by atoms with E-state index in [0.29, 0.717) is 27.4 Å². The van der Waals surface area contributed by atoms with Gasteiger partial charge in [0, 0.05) is 5.56 Å². The maximum atomic E-state index is 11.1. The average molecular weight is 731 g/mol. The Morgan fingerprint density at radius 1 is 1.19 bits per heavy atom. The molecule has 27 heavy (non-hydrogen) atoms. The number of phenols is 1. The van der Waals surface area contributed by atoms with E-state index in [4.69, 9.17) is 15.4 Å². The molecule has 0 radical (unpaired) electrons. The van der Waals surface area contributed by atoms with Crippen LogP contribution in [-0.2, 0) is 21.6 Å². The Morgan fingerprint density at radius 3 is 2.33 bits per heavy atom. The number of nitrogens with two attached hydrogens (primary N) is 1. The van der Waals surface area contributed by atoms with Gasteiger partial charge >= 0.3 is 16.4 Å². The predicted molar refractivity (Wildman–Crippen MR) is 123 cm³/mol. The lowest BCUT2D eigenvalue weighted by Gasteiger charge is -2.17. The molecule has 0 saturated heterocycles. The number of benzene rings is 2. The van der Waals surface area contributed by atoms with Crippen LogP contribution in [-0.4, -0.2) is 35.2 Å². The summed E-state index contributed by atoms with van der Waals surface area (Å²) in [5.74, 6) is -1.16. The highest BCUT2D eigenvalue weighted by molar-refractivity contribution is 14.1. The predicted octanol–water partition coefficient (Wildman–Crippen LogP) is 3.01. The lowest BCUT2D eigenvalue weighted by molar-refractivity contribution is -0.138. The Hall–Kier alpha value is -0.430. The molecule has 0 aliphatic rings. The second-order valence-electron chi connectivity index (χ2n) is 5.36. The third-order valence-corrected chi connectivity index (χ3v) is 6.55. The van der Waals surface area contributed by atoms with Crippen LogP contribution in [0.1, 0.15) is 5.56 Å². The van der Waals surface area contributed by atoms with Gasteiger partial charge in [-0.15, -0.1) is 0 Å². The number of hydrogen-bond acceptors (Lipinski definition) is 6. The Bertz CT molecular complexity index is 1010. The first-order chi connectivity index (χ1) is 12.4. The van der Waals surface area contributed by atoms with Crippen LogP contribution in [0.2, 0.25) is 0 Å². The summed E-state index contributed by atoms with van der Waals surface area (Å²) in [5, 5.41) is 19.4. The number of carboxylic acids is 1. The standard InChI is InChI=1S/C15H12I3NO7S/c16-8-3-6(1-2-11(8)26-27(23,24)25)12-7(5-10(19)15(21)22)4-9(17)14(20)13(12)18/h1-4,10,20H,5,19H2,(H,21,22)(H,23,24,25)/t10-/m0/s1. The first kappa shape index (κ1) is 22.9. The number of aliphatic carboxylic acids is 1. The number of aromatic hydroxyl groups is 1. The summed E-state index contributed by atoms with van der Waals surface area (Å²) in [7, 11) is -4.66. The minimum absolute atomic E-state index is 0.0385. The van der Waals surface area contributed by atoms with Gasteiger partial charge < -0.3 is 20.1 Å². The van der Waals surface area contributed by atoms with Gasteiger partial charge in [0.15, 0.2) is 5.75 Å². The van der Waals surface area contributed by atoms with Crippen LogP contribution in [0.15, 0.2) is 24.3 Å². The van der Waals surface area contributed by atoms with Crippen LogP contribution in [0, 0.1) is 10.7 Å². The van der Waals surface area contributed by atoms with Crippen LogP contribution in [0.3, 0.4) is 0 Å². The first-order valence-corrected chi connectivity index (χ1v) is 11.7. The van der Waals surface area contributed by atoms with Gasteiger partial charge in [-0.1, -0.05) is 6.07 Å². The first-order valence-electron chi connectivity index (χ1n) is 7.05. The third kappa shape index (κ3) is 5.78. The molecule has 2 aromatic rings. The van der Waals surface area contributed by atoms with E-state index < -0.39 is 22.4 Å². The summed E-state index contributed by atoms with van der Waals surface area (Å²) < 4.78 is 36.6. The number of carboxylic acid groups (broad SMARTS) is 1. The van der Waals surface area contributed by atoms with Crippen molar-refractivity contribution in [3.8, 4) is 22.6 Å². The van der Waals surface area contributed by atoms with Crippen LogP contribution < -0.4 is 9.92 Å². The maximum Gasteiger partial charge on any atom is 0.446 e. The quantitative estimate of drug-likeness (QED) is 0.262. The second-order valence-corrected chi connectivity index (χ2v) is 9.79. The molecule has 0 fully saturated rings. The molecule has 0 aromatic heterocycles. The van der Waals surface area contributed by atoms with Gasteiger partial charge in [0.25, 0.3) is 0 Å². The second kappa shape index (κ2) is 8.93. The Balaban J connectivity index is 2.61. The number of phenolic OH excluding ortho intramolecular Hbond substituents is 1.